The molecule has 6 nitrogen and oxygen atoms in total. The Kier molecular flexibility index (Phi) is 3.98. The minimum Gasteiger partial charge on any atom is -0.378 e. The smallest absolute Gasteiger partial charge is 0.257 e. The number of aromatic nitrogens is 3. The minimum atomic E-state index is -1.38. The van der Waals surface area contributed by atoms with Gasteiger partial charge in [-0.1, -0.05) is 23.2 Å². The van der Waals surface area contributed by atoms with Crippen LogP contribution < -0.4 is 5.32 Å². The van der Waals surface area contributed by atoms with Crippen molar-refractivity contribution in [3.8, 4) is 0 Å². The molecule has 1 atom stereocenters. The lowest BCUT2D eigenvalue weighted by Crippen LogP contribution is -2.20. The summed E-state index contributed by atoms with van der Waals surface area (Å²) in [7, 11) is 0. The maximum atomic E-state index is 12.1. The zero-order chi connectivity index (χ0) is 15.7. The Morgan fingerprint density at radius 1 is 1.09 bits per heavy atom. The predicted octanol–water partition coefficient (Wildman–Crippen LogP) is 2.94. The van der Waals surface area contributed by atoms with E-state index < -0.39 is 12.0 Å². The van der Waals surface area contributed by atoms with Gasteiger partial charge in [0.05, 0.1) is 0 Å². The van der Waals surface area contributed by atoms with Crippen LogP contribution in [0.5, 0.6) is 0 Å². The van der Waals surface area contributed by atoms with E-state index in [0.29, 0.717) is 32.3 Å². The molecule has 0 saturated carbocycles. The molecule has 1 amide bonds. The Labute approximate surface area is 135 Å². The molecular formula is C14H10Cl2N4O2. The number of amides is 1. The molecule has 0 aliphatic rings. The molecule has 3 aromatic rings. The predicted molar refractivity (Wildman–Crippen MR) is 83.9 cm³/mol. The number of nitrogens with zero attached hydrogens (tertiary/aromatic N) is 2. The van der Waals surface area contributed by atoms with Crippen LogP contribution in [-0.2, 0) is 4.79 Å². The van der Waals surface area contributed by atoms with Crippen molar-refractivity contribution in [3.63, 3.8) is 0 Å². The number of aromatic amines is 1. The molecule has 0 spiro atoms. The molecule has 8 heteroatoms. The highest BCUT2D eigenvalue weighted by Crippen LogP contribution is 2.25. The lowest BCUT2D eigenvalue weighted by molar-refractivity contribution is -0.124. The Morgan fingerprint density at radius 2 is 1.77 bits per heavy atom. The summed E-state index contributed by atoms with van der Waals surface area (Å²) in [6, 6.07) is 9.51. The number of carbonyl (C=O) groups is 1. The third-order valence-corrected chi connectivity index (χ3v) is 3.47. The third-order valence-electron chi connectivity index (χ3n) is 3.03. The van der Waals surface area contributed by atoms with Gasteiger partial charge >= 0.3 is 0 Å². The Hall–Kier alpha value is -2.15. The van der Waals surface area contributed by atoms with Gasteiger partial charge in [-0.3, -0.25) is 4.79 Å². The second-order valence-corrected chi connectivity index (χ2v) is 5.49. The van der Waals surface area contributed by atoms with E-state index in [4.69, 9.17) is 23.2 Å². The Balaban J connectivity index is 1.80. The number of aliphatic hydroxyl groups is 1. The van der Waals surface area contributed by atoms with E-state index in [1.54, 1.807) is 18.2 Å². The number of rotatable bonds is 3. The first-order valence-corrected chi connectivity index (χ1v) is 7.04. The summed E-state index contributed by atoms with van der Waals surface area (Å²) in [6.07, 6.45) is -1.38. The molecule has 1 aromatic heterocycles. The first kappa shape index (κ1) is 14.8. The number of carbonyl (C=O) groups excluding carboxylic acids is 1. The van der Waals surface area contributed by atoms with Crippen LogP contribution in [0.25, 0.3) is 11.0 Å². The van der Waals surface area contributed by atoms with Gasteiger partial charge in [0.1, 0.15) is 11.0 Å². The average Bonchev–Trinajstić information content (AvgIpc) is 2.93. The molecule has 0 radical (unpaired) electrons. The maximum absolute atomic E-state index is 12.1. The molecule has 0 aliphatic heterocycles. The fourth-order valence-corrected chi connectivity index (χ4v) is 2.56. The quantitative estimate of drug-likeness (QED) is 0.685. The van der Waals surface area contributed by atoms with Gasteiger partial charge in [0.25, 0.3) is 5.91 Å². The van der Waals surface area contributed by atoms with Crippen molar-refractivity contribution in [2.75, 3.05) is 5.32 Å². The van der Waals surface area contributed by atoms with E-state index in [-0.39, 0.29) is 0 Å². The normalized spacial score (nSPS) is 12.3. The van der Waals surface area contributed by atoms with Crippen molar-refractivity contribution in [3.05, 3.63) is 52.0 Å². The lowest BCUT2D eigenvalue weighted by Gasteiger charge is -2.12. The largest absolute Gasteiger partial charge is 0.378 e. The van der Waals surface area contributed by atoms with Gasteiger partial charge in [0.15, 0.2) is 6.10 Å². The number of H-pyrrole nitrogens is 1. The summed E-state index contributed by atoms with van der Waals surface area (Å²) in [5.74, 6) is -0.596. The van der Waals surface area contributed by atoms with Crippen LogP contribution in [0.4, 0.5) is 5.69 Å². The summed E-state index contributed by atoms with van der Waals surface area (Å²) in [5.41, 5.74) is 2.11. The van der Waals surface area contributed by atoms with Crippen molar-refractivity contribution in [2.45, 2.75) is 6.10 Å². The lowest BCUT2D eigenvalue weighted by atomic mass is 10.1. The number of hydrogen-bond donors (Lipinski definition) is 3. The van der Waals surface area contributed by atoms with Gasteiger partial charge < -0.3 is 10.4 Å². The molecule has 1 heterocycles. The van der Waals surface area contributed by atoms with Crippen LogP contribution in [0, 0.1) is 0 Å². The second kappa shape index (κ2) is 5.92. The number of aliphatic hydroxyl groups excluding tert-OH is 1. The number of fused-ring (bicyclic) bond motifs is 1. The van der Waals surface area contributed by atoms with Crippen LogP contribution in [0.15, 0.2) is 36.4 Å². The average molecular weight is 337 g/mol. The number of nitrogens with one attached hydrogen (secondary N) is 2. The van der Waals surface area contributed by atoms with Crippen molar-refractivity contribution < 1.29 is 9.90 Å². The summed E-state index contributed by atoms with van der Waals surface area (Å²) < 4.78 is 0. The molecular weight excluding hydrogens is 327 g/mol. The van der Waals surface area contributed by atoms with E-state index in [1.807, 2.05) is 0 Å². The van der Waals surface area contributed by atoms with Crippen LogP contribution in [-0.4, -0.2) is 26.4 Å². The monoisotopic (exact) mass is 336 g/mol. The van der Waals surface area contributed by atoms with E-state index in [9.17, 15) is 9.90 Å². The van der Waals surface area contributed by atoms with Crippen LogP contribution in [0.1, 0.15) is 11.7 Å². The fourth-order valence-electron chi connectivity index (χ4n) is 2.01. The number of hydrogen-bond acceptors (Lipinski definition) is 4. The van der Waals surface area contributed by atoms with Gasteiger partial charge in [0, 0.05) is 15.7 Å². The molecule has 112 valence electrons. The number of anilines is 1. The van der Waals surface area contributed by atoms with Gasteiger partial charge in [0.2, 0.25) is 0 Å². The van der Waals surface area contributed by atoms with Crippen molar-refractivity contribution in [1.82, 2.24) is 15.4 Å². The second-order valence-electron chi connectivity index (χ2n) is 4.62. The van der Waals surface area contributed by atoms with Gasteiger partial charge in [-0.15, -0.1) is 0 Å². The molecule has 0 aliphatic carbocycles. The Bertz CT molecular complexity index is 829. The highest BCUT2D eigenvalue weighted by molar-refractivity contribution is 6.34. The van der Waals surface area contributed by atoms with Crippen LogP contribution >= 0.6 is 23.2 Å². The minimum absolute atomic E-state index is 0.317. The van der Waals surface area contributed by atoms with E-state index in [2.05, 4.69) is 20.7 Å². The van der Waals surface area contributed by atoms with Crippen molar-refractivity contribution >= 4 is 45.8 Å². The van der Waals surface area contributed by atoms with E-state index >= 15 is 0 Å². The van der Waals surface area contributed by atoms with Gasteiger partial charge in [-0.05, 0) is 42.0 Å². The molecule has 22 heavy (non-hydrogen) atoms. The summed E-state index contributed by atoms with van der Waals surface area (Å²) in [6.45, 7) is 0. The molecule has 0 saturated heterocycles. The molecule has 0 bridgehead atoms. The SMILES string of the molecule is O=C(Nc1ccc2n[nH]nc2c1)C(O)c1cc(Cl)cc(Cl)c1. The highest BCUT2D eigenvalue weighted by atomic mass is 35.5. The summed E-state index contributed by atoms with van der Waals surface area (Å²) in [5, 5.41) is 23.7. The molecule has 0 fully saturated rings. The zero-order valence-electron chi connectivity index (χ0n) is 11.0. The number of halogens is 2. The molecule has 3 rings (SSSR count). The summed E-state index contributed by atoms with van der Waals surface area (Å²) in [4.78, 5) is 12.1. The van der Waals surface area contributed by atoms with Crippen LogP contribution in [0.3, 0.4) is 0 Å². The highest BCUT2D eigenvalue weighted by Gasteiger charge is 2.18. The fraction of sp³-hybridized carbons (Fsp3) is 0.0714. The van der Waals surface area contributed by atoms with Crippen LogP contribution in [0.2, 0.25) is 10.0 Å². The first-order chi connectivity index (χ1) is 10.5. The van der Waals surface area contributed by atoms with Gasteiger partial charge in [-0.25, -0.2) is 0 Å². The molecule has 1 unspecified atom stereocenters. The first-order valence-electron chi connectivity index (χ1n) is 6.28. The summed E-state index contributed by atoms with van der Waals surface area (Å²) >= 11 is 11.7. The molecule has 3 N–H and O–H groups in total. The van der Waals surface area contributed by atoms with Crippen molar-refractivity contribution in [2.24, 2.45) is 0 Å². The maximum Gasteiger partial charge on any atom is 0.257 e. The third kappa shape index (κ3) is 3.04. The zero-order valence-corrected chi connectivity index (χ0v) is 12.6. The molecule has 2 aromatic carbocycles. The number of benzene rings is 2. The van der Waals surface area contributed by atoms with Gasteiger partial charge in [-0.2, -0.15) is 15.4 Å². The van der Waals surface area contributed by atoms with E-state index in [1.165, 1.54) is 18.2 Å². The topological polar surface area (TPSA) is 90.9 Å². The van der Waals surface area contributed by atoms with Crippen molar-refractivity contribution in [1.29, 1.82) is 0 Å². The van der Waals surface area contributed by atoms with E-state index in [0.717, 1.165) is 0 Å². The standard InChI is InChI=1S/C14H10Cl2N4O2/c15-8-3-7(4-9(16)5-8)13(21)14(22)17-10-1-2-11-12(6-10)19-20-18-11/h1-6,13,21H,(H,17,22)(H,18,19,20). The Morgan fingerprint density at radius 3 is 2.50 bits per heavy atom.